The molecule has 4 nitrogen and oxygen atoms in total. The van der Waals surface area contributed by atoms with Crippen molar-refractivity contribution >= 4 is 5.91 Å². The highest BCUT2D eigenvalue weighted by Gasteiger charge is 2.28. The van der Waals surface area contributed by atoms with Gasteiger partial charge < -0.3 is 15.3 Å². The Hall–Kier alpha value is -0.610. The van der Waals surface area contributed by atoms with E-state index in [0.29, 0.717) is 5.92 Å². The summed E-state index contributed by atoms with van der Waals surface area (Å²) in [5, 5.41) is 12.2. The number of rotatable bonds is 7. The molecule has 1 heterocycles. The molecule has 1 rings (SSSR count). The molecule has 0 aromatic heterocycles. The van der Waals surface area contributed by atoms with E-state index in [-0.39, 0.29) is 18.6 Å². The number of carbonyl (C=O) groups excluding carboxylic acids is 1. The van der Waals surface area contributed by atoms with E-state index in [1.54, 1.807) is 0 Å². The van der Waals surface area contributed by atoms with Gasteiger partial charge in [-0.05, 0) is 38.1 Å². The topological polar surface area (TPSA) is 52.6 Å². The highest BCUT2D eigenvalue weighted by Crippen LogP contribution is 2.14. The SMILES string of the molecule is CCCNC1CCCN(CC(C)CCO)C1=O. The molecule has 0 aliphatic carbocycles. The van der Waals surface area contributed by atoms with Crippen LogP contribution in [0.5, 0.6) is 0 Å². The average Bonchev–Trinajstić information content (AvgIpc) is 2.30. The minimum Gasteiger partial charge on any atom is -0.396 e. The van der Waals surface area contributed by atoms with E-state index in [2.05, 4.69) is 19.2 Å². The molecule has 2 atom stereocenters. The Labute approximate surface area is 104 Å². The van der Waals surface area contributed by atoms with Gasteiger partial charge in [-0.1, -0.05) is 13.8 Å². The molecule has 17 heavy (non-hydrogen) atoms. The molecule has 4 heteroatoms. The monoisotopic (exact) mass is 242 g/mol. The van der Waals surface area contributed by atoms with E-state index in [1.165, 1.54) is 0 Å². The molecule has 0 bridgehead atoms. The molecule has 1 aliphatic heterocycles. The van der Waals surface area contributed by atoms with Crippen LogP contribution >= 0.6 is 0 Å². The molecule has 0 aromatic rings. The molecule has 1 amide bonds. The highest BCUT2D eigenvalue weighted by molar-refractivity contribution is 5.82. The van der Waals surface area contributed by atoms with Crippen molar-refractivity contribution in [1.29, 1.82) is 0 Å². The van der Waals surface area contributed by atoms with Crippen molar-refractivity contribution in [3.63, 3.8) is 0 Å². The third kappa shape index (κ3) is 4.64. The van der Waals surface area contributed by atoms with Gasteiger partial charge in [0, 0.05) is 19.7 Å². The van der Waals surface area contributed by atoms with E-state index in [0.717, 1.165) is 45.3 Å². The molecule has 100 valence electrons. The van der Waals surface area contributed by atoms with Crippen LogP contribution in [0.2, 0.25) is 0 Å². The van der Waals surface area contributed by atoms with Crippen LogP contribution in [-0.2, 0) is 4.79 Å². The second-order valence-corrected chi connectivity index (χ2v) is 5.05. The summed E-state index contributed by atoms with van der Waals surface area (Å²) in [5.74, 6) is 0.628. The van der Waals surface area contributed by atoms with Crippen molar-refractivity contribution in [1.82, 2.24) is 10.2 Å². The Kier molecular flexibility index (Phi) is 6.52. The number of carbonyl (C=O) groups is 1. The summed E-state index contributed by atoms with van der Waals surface area (Å²) in [6, 6.07) is 0.0185. The molecular weight excluding hydrogens is 216 g/mol. The first kappa shape index (κ1) is 14.5. The van der Waals surface area contributed by atoms with Crippen molar-refractivity contribution < 1.29 is 9.90 Å². The average molecular weight is 242 g/mol. The van der Waals surface area contributed by atoms with Crippen molar-refractivity contribution in [2.24, 2.45) is 5.92 Å². The third-order valence-corrected chi connectivity index (χ3v) is 3.33. The molecule has 2 unspecified atom stereocenters. The lowest BCUT2D eigenvalue weighted by molar-refractivity contribution is -0.136. The summed E-state index contributed by atoms with van der Waals surface area (Å²) < 4.78 is 0. The van der Waals surface area contributed by atoms with Gasteiger partial charge >= 0.3 is 0 Å². The number of nitrogens with one attached hydrogen (secondary N) is 1. The quantitative estimate of drug-likeness (QED) is 0.700. The van der Waals surface area contributed by atoms with Gasteiger partial charge in [-0.15, -0.1) is 0 Å². The maximum absolute atomic E-state index is 12.2. The molecule has 0 spiro atoms. The van der Waals surface area contributed by atoms with Gasteiger partial charge in [0.05, 0.1) is 6.04 Å². The van der Waals surface area contributed by atoms with Gasteiger partial charge in [-0.3, -0.25) is 4.79 Å². The largest absolute Gasteiger partial charge is 0.396 e. The number of likely N-dealkylation sites (tertiary alicyclic amines) is 1. The molecule has 2 N–H and O–H groups in total. The predicted molar refractivity (Wildman–Crippen MR) is 68.8 cm³/mol. The molecule has 0 radical (unpaired) electrons. The summed E-state index contributed by atoms with van der Waals surface area (Å²) >= 11 is 0. The van der Waals surface area contributed by atoms with Gasteiger partial charge in [-0.2, -0.15) is 0 Å². The summed E-state index contributed by atoms with van der Waals surface area (Å²) in [6.45, 7) is 6.98. The smallest absolute Gasteiger partial charge is 0.239 e. The zero-order chi connectivity index (χ0) is 12.7. The third-order valence-electron chi connectivity index (χ3n) is 3.33. The fraction of sp³-hybridized carbons (Fsp3) is 0.923. The minimum atomic E-state index is 0.0185. The van der Waals surface area contributed by atoms with Crippen LogP contribution in [0, 0.1) is 5.92 Å². The normalized spacial score (nSPS) is 22.9. The predicted octanol–water partition coefficient (Wildman–Crippen LogP) is 0.995. The van der Waals surface area contributed by atoms with E-state index in [4.69, 9.17) is 5.11 Å². The van der Waals surface area contributed by atoms with Crippen LogP contribution < -0.4 is 5.32 Å². The number of amides is 1. The van der Waals surface area contributed by atoms with E-state index in [9.17, 15) is 4.79 Å². The lowest BCUT2D eigenvalue weighted by Crippen LogP contribution is -2.51. The first-order valence-electron chi connectivity index (χ1n) is 6.82. The van der Waals surface area contributed by atoms with Gasteiger partial charge in [-0.25, -0.2) is 0 Å². The standard InChI is InChI=1S/C13H26N2O2/c1-3-7-14-12-5-4-8-15(13(12)17)10-11(2)6-9-16/h11-12,14,16H,3-10H2,1-2H3. The lowest BCUT2D eigenvalue weighted by atomic mass is 10.0. The van der Waals surface area contributed by atoms with Gasteiger partial charge in [0.25, 0.3) is 0 Å². The Balaban J connectivity index is 2.41. The molecule has 1 fully saturated rings. The van der Waals surface area contributed by atoms with Crippen LogP contribution in [0.1, 0.15) is 39.5 Å². The van der Waals surface area contributed by atoms with Crippen LogP contribution in [-0.4, -0.2) is 48.2 Å². The number of aliphatic hydroxyl groups is 1. The van der Waals surface area contributed by atoms with Gasteiger partial charge in [0.2, 0.25) is 5.91 Å². The summed E-state index contributed by atoms with van der Waals surface area (Å²) in [6.07, 6.45) is 3.88. The number of aliphatic hydroxyl groups excluding tert-OH is 1. The second kappa shape index (κ2) is 7.67. The molecular formula is C13H26N2O2. The number of hydrogen-bond donors (Lipinski definition) is 2. The Morgan fingerprint density at radius 2 is 2.35 bits per heavy atom. The second-order valence-electron chi connectivity index (χ2n) is 5.05. The maximum Gasteiger partial charge on any atom is 0.239 e. The van der Waals surface area contributed by atoms with Crippen molar-refractivity contribution in [3.05, 3.63) is 0 Å². The van der Waals surface area contributed by atoms with Crippen LogP contribution in [0.15, 0.2) is 0 Å². The Morgan fingerprint density at radius 1 is 1.59 bits per heavy atom. The Morgan fingerprint density at radius 3 is 3.00 bits per heavy atom. The summed E-state index contributed by atoms with van der Waals surface area (Å²) in [5.41, 5.74) is 0. The van der Waals surface area contributed by atoms with Crippen molar-refractivity contribution in [2.75, 3.05) is 26.2 Å². The minimum absolute atomic E-state index is 0.0185. The fourth-order valence-electron chi connectivity index (χ4n) is 2.32. The van der Waals surface area contributed by atoms with Crippen LogP contribution in [0.4, 0.5) is 0 Å². The zero-order valence-corrected chi connectivity index (χ0v) is 11.1. The number of hydrogen-bond acceptors (Lipinski definition) is 3. The molecule has 1 aliphatic rings. The Bertz CT molecular complexity index is 233. The fourth-order valence-corrected chi connectivity index (χ4v) is 2.32. The van der Waals surface area contributed by atoms with Gasteiger partial charge in [0.1, 0.15) is 0 Å². The van der Waals surface area contributed by atoms with Crippen LogP contribution in [0.3, 0.4) is 0 Å². The molecule has 0 aromatic carbocycles. The number of piperidine rings is 1. The first-order chi connectivity index (χ1) is 8.19. The summed E-state index contributed by atoms with van der Waals surface area (Å²) in [4.78, 5) is 14.1. The lowest BCUT2D eigenvalue weighted by Gasteiger charge is -2.34. The van der Waals surface area contributed by atoms with E-state index < -0.39 is 0 Å². The summed E-state index contributed by atoms with van der Waals surface area (Å²) in [7, 11) is 0. The molecule has 1 saturated heterocycles. The van der Waals surface area contributed by atoms with Crippen LogP contribution in [0.25, 0.3) is 0 Å². The molecule has 0 saturated carbocycles. The van der Waals surface area contributed by atoms with E-state index >= 15 is 0 Å². The highest BCUT2D eigenvalue weighted by atomic mass is 16.3. The maximum atomic E-state index is 12.2. The number of nitrogens with zero attached hydrogens (tertiary/aromatic N) is 1. The van der Waals surface area contributed by atoms with Crippen molar-refractivity contribution in [3.8, 4) is 0 Å². The van der Waals surface area contributed by atoms with Gasteiger partial charge in [0.15, 0.2) is 0 Å². The van der Waals surface area contributed by atoms with E-state index in [1.807, 2.05) is 4.90 Å². The van der Waals surface area contributed by atoms with Crippen molar-refractivity contribution in [2.45, 2.75) is 45.6 Å². The zero-order valence-electron chi connectivity index (χ0n) is 11.1. The first-order valence-corrected chi connectivity index (χ1v) is 6.82.